The average Bonchev–Trinajstić information content (AvgIpc) is 3.48. The van der Waals surface area contributed by atoms with Gasteiger partial charge in [0, 0.05) is 30.6 Å². The van der Waals surface area contributed by atoms with Gasteiger partial charge in [-0.15, -0.1) is 10.2 Å². The molecule has 1 aliphatic rings. The number of carbonyl (C=O) groups is 2. The van der Waals surface area contributed by atoms with E-state index in [9.17, 15) is 9.59 Å². The number of hydrogen-bond donors (Lipinski definition) is 3. The van der Waals surface area contributed by atoms with Crippen LogP contribution < -0.4 is 20.7 Å². The van der Waals surface area contributed by atoms with Gasteiger partial charge in [0.15, 0.2) is 23.1 Å². The van der Waals surface area contributed by atoms with Gasteiger partial charge in [-0.25, -0.2) is 4.98 Å². The molecule has 0 bridgehead atoms. The molecule has 1 saturated carbocycles. The molecule has 3 N–H and O–H groups in total. The molecule has 2 amide bonds. The van der Waals surface area contributed by atoms with Crippen LogP contribution in [0.2, 0.25) is 0 Å². The van der Waals surface area contributed by atoms with Gasteiger partial charge < -0.3 is 20.7 Å². The molecule has 1 fully saturated rings. The number of nitrogens with one attached hydrogen (secondary N) is 3. The highest BCUT2D eigenvalue weighted by Crippen LogP contribution is 2.37. The lowest BCUT2D eigenvalue weighted by Crippen LogP contribution is -2.22. The number of hydrogen-bond acceptors (Lipinski definition) is 8. The first kappa shape index (κ1) is 17.6. The molecular formula is C21H24N8O3. The largest absolute Gasteiger partial charge is 0.494 e. The highest BCUT2D eigenvalue weighted by atomic mass is 16.5. The van der Waals surface area contributed by atoms with Crippen LogP contribution in [0.5, 0.6) is 5.75 Å². The molecule has 1 aromatic carbocycles. The molecule has 2 aromatic heterocycles. The second kappa shape index (κ2) is 9.00. The topological polar surface area (TPSA) is 136 Å². The van der Waals surface area contributed by atoms with Gasteiger partial charge in [-0.1, -0.05) is 6.07 Å². The predicted octanol–water partition coefficient (Wildman–Crippen LogP) is 2.12. The summed E-state index contributed by atoms with van der Waals surface area (Å²) in [6, 6.07) is 6.63. The van der Waals surface area contributed by atoms with Gasteiger partial charge in [0.05, 0.1) is 24.0 Å². The van der Waals surface area contributed by atoms with Crippen molar-refractivity contribution in [1.82, 2.24) is 30.3 Å². The third kappa shape index (κ3) is 4.66. The first-order valence-electron chi connectivity index (χ1n) is 11.4. The van der Waals surface area contributed by atoms with Crippen LogP contribution in [0.4, 0.5) is 17.2 Å². The standard InChI is InChI=1S/C21H24N8O3/c1-22-21(31)18-15(10-16(26-27-18)25-17(30)9-12-7-8-12)24-14-6-4-5-13(19(14)32-3)20-23-11-29(2)28-20/h4-6,10-12H,7-9H2,1-3H3,(H,22,31)(H2,24,25,26,30)/i1D3. The van der Waals surface area contributed by atoms with Gasteiger partial charge in [0.1, 0.15) is 6.33 Å². The van der Waals surface area contributed by atoms with Crippen LogP contribution in [0.1, 0.15) is 33.9 Å². The fourth-order valence-electron chi connectivity index (χ4n) is 3.19. The number of benzene rings is 1. The molecule has 11 nitrogen and oxygen atoms in total. The molecule has 32 heavy (non-hydrogen) atoms. The number of ether oxygens (including phenoxy) is 1. The Morgan fingerprint density at radius 3 is 2.81 bits per heavy atom. The molecule has 166 valence electrons. The van der Waals surface area contributed by atoms with Crippen LogP contribution in [0.15, 0.2) is 30.6 Å². The molecule has 0 atom stereocenters. The van der Waals surface area contributed by atoms with Gasteiger partial charge >= 0.3 is 0 Å². The van der Waals surface area contributed by atoms with Crippen molar-refractivity contribution in [3.05, 3.63) is 36.3 Å². The Hall–Kier alpha value is -4.02. The van der Waals surface area contributed by atoms with Gasteiger partial charge in [-0.2, -0.15) is 5.10 Å². The van der Waals surface area contributed by atoms with Gasteiger partial charge in [0.2, 0.25) is 5.91 Å². The molecule has 1 aliphatic carbocycles. The second-order valence-electron chi connectivity index (χ2n) is 7.39. The van der Waals surface area contributed by atoms with Crippen LogP contribution >= 0.6 is 0 Å². The lowest BCUT2D eigenvalue weighted by atomic mass is 10.1. The summed E-state index contributed by atoms with van der Waals surface area (Å²) in [6.07, 6.45) is 3.96. The summed E-state index contributed by atoms with van der Waals surface area (Å²) in [4.78, 5) is 29.2. The van der Waals surface area contributed by atoms with Crippen molar-refractivity contribution in [3.63, 3.8) is 0 Å². The summed E-state index contributed by atoms with van der Waals surface area (Å²) in [6.45, 7) is -2.73. The SMILES string of the molecule is [2H]C([2H])([2H])NC(=O)c1nnc(NC(=O)CC2CC2)cc1Nc1cccc(-c2ncn(C)n2)c1OC. The predicted molar refractivity (Wildman–Crippen MR) is 118 cm³/mol. The fraction of sp³-hybridized carbons (Fsp3) is 0.333. The van der Waals surface area contributed by atoms with E-state index >= 15 is 0 Å². The van der Waals surface area contributed by atoms with Crippen molar-refractivity contribution < 1.29 is 18.4 Å². The monoisotopic (exact) mass is 439 g/mol. The van der Waals surface area contributed by atoms with Crippen LogP contribution in [-0.2, 0) is 11.8 Å². The van der Waals surface area contributed by atoms with Crippen LogP contribution in [0.25, 0.3) is 11.4 Å². The first-order valence-corrected chi connectivity index (χ1v) is 9.93. The number of carbonyl (C=O) groups excluding carboxylic acids is 2. The van der Waals surface area contributed by atoms with Crippen molar-refractivity contribution in [3.8, 4) is 17.1 Å². The number of aromatic nitrogens is 5. The van der Waals surface area contributed by atoms with Crippen LogP contribution in [-0.4, -0.2) is 50.9 Å². The third-order valence-electron chi connectivity index (χ3n) is 4.89. The minimum absolute atomic E-state index is 0.116. The zero-order valence-corrected chi connectivity index (χ0v) is 17.5. The number of methoxy groups -OCH3 is 1. The minimum Gasteiger partial charge on any atom is -0.494 e. The lowest BCUT2D eigenvalue weighted by molar-refractivity contribution is -0.116. The highest BCUT2D eigenvalue weighted by Gasteiger charge is 2.25. The van der Waals surface area contributed by atoms with Gasteiger partial charge in [-0.3, -0.25) is 14.3 Å². The quantitative estimate of drug-likeness (QED) is 0.486. The number of aryl methyl sites for hydroxylation is 1. The number of rotatable bonds is 8. The van der Waals surface area contributed by atoms with E-state index in [4.69, 9.17) is 8.85 Å². The van der Waals surface area contributed by atoms with E-state index < -0.39 is 12.9 Å². The maximum absolute atomic E-state index is 12.6. The molecule has 0 radical (unpaired) electrons. The van der Waals surface area contributed by atoms with Crippen LogP contribution in [0.3, 0.4) is 0 Å². The molecular weight excluding hydrogens is 412 g/mol. The Morgan fingerprint density at radius 2 is 2.12 bits per heavy atom. The number of amides is 2. The first-order chi connectivity index (χ1) is 16.6. The Bertz CT molecular complexity index is 1260. The number of nitrogens with zero attached hydrogens (tertiary/aromatic N) is 5. The molecule has 0 aliphatic heterocycles. The van der Waals surface area contributed by atoms with E-state index in [-0.39, 0.29) is 23.1 Å². The van der Waals surface area contributed by atoms with E-state index in [1.54, 1.807) is 36.3 Å². The smallest absolute Gasteiger partial charge is 0.273 e. The molecule has 11 heteroatoms. The third-order valence-corrected chi connectivity index (χ3v) is 4.89. The average molecular weight is 439 g/mol. The Labute approximate surface area is 188 Å². The summed E-state index contributed by atoms with van der Waals surface area (Å²) in [5, 5.41) is 19.7. The zero-order chi connectivity index (χ0) is 25.2. The van der Waals surface area contributed by atoms with E-state index in [1.807, 2.05) is 5.32 Å². The van der Waals surface area contributed by atoms with Crippen molar-refractivity contribution in [2.75, 3.05) is 24.7 Å². The second-order valence-corrected chi connectivity index (χ2v) is 7.39. The van der Waals surface area contributed by atoms with E-state index in [1.165, 1.54) is 13.2 Å². The van der Waals surface area contributed by atoms with Crippen molar-refractivity contribution in [2.24, 2.45) is 13.0 Å². The van der Waals surface area contributed by atoms with E-state index in [0.717, 1.165) is 12.8 Å². The Balaban J connectivity index is 1.70. The van der Waals surface area contributed by atoms with E-state index in [2.05, 4.69) is 30.9 Å². The molecule has 3 aromatic rings. The van der Waals surface area contributed by atoms with Crippen molar-refractivity contribution in [1.29, 1.82) is 0 Å². The number of para-hydroxylation sites is 1. The molecule has 2 heterocycles. The zero-order valence-electron chi connectivity index (χ0n) is 20.5. The minimum atomic E-state index is -2.73. The van der Waals surface area contributed by atoms with Crippen molar-refractivity contribution in [2.45, 2.75) is 19.3 Å². The molecule has 0 saturated heterocycles. The van der Waals surface area contributed by atoms with Gasteiger partial charge in [-0.05, 0) is 30.9 Å². The van der Waals surface area contributed by atoms with Gasteiger partial charge in [0.25, 0.3) is 5.91 Å². The van der Waals surface area contributed by atoms with Crippen LogP contribution in [0, 0.1) is 5.92 Å². The highest BCUT2D eigenvalue weighted by molar-refractivity contribution is 5.99. The lowest BCUT2D eigenvalue weighted by Gasteiger charge is -2.16. The number of anilines is 3. The normalized spacial score (nSPS) is 14.6. The van der Waals surface area contributed by atoms with Crippen molar-refractivity contribution >= 4 is 29.0 Å². The Kier molecular flexibility index (Phi) is 4.96. The Morgan fingerprint density at radius 1 is 1.28 bits per heavy atom. The summed E-state index contributed by atoms with van der Waals surface area (Å²) in [5.74, 6) is 0.124. The molecule has 4 rings (SSSR count). The maximum atomic E-state index is 12.6. The summed E-state index contributed by atoms with van der Waals surface area (Å²) in [5.41, 5.74) is 0.868. The summed E-state index contributed by atoms with van der Waals surface area (Å²) >= 11 is 0. The summed E-state index contributed by atoms with van der Waals surface area (Å²) in [7, 11) is 3.21. The fourth-order valence-corrected chi connectivity index (χ4v) is 3.19. The van der Waals surface area contributed by atoms with E-state index in [0.29, 0.717) is 35.2 Å². The molecule has 0 unspecified atom stereocenters. The maximum Gasteiger partial charge on any atom is 0.273 e. The molecule has 0 spiro atoms. The summed E-state index contributed by atoms with van der Waals surface area (Å²) < 4.78 is 29.2.